The summed E-state index contributed by atoms with van der Waals surface area (Å²) in [5, 5.41) is 5.50. The largest absolute Gasteiger partial charge is 0.459 e. The van der Waals surface area contributed by atoms with Crippen LogP contribution < -0.4 is 16.4 Å². The second-order valence-electron chi connectivity index (χ2n) is 9.75. The fraction of sp³-hybridized carbons (Fsp3) is 0.344. The van der Waals surface area contributed by atoms with Gasteiger partial charge in [-0.2, -0.15) is 11.8 Å². The van der Waals surface area contributed by atoms with Crippen LogP contribution in [0, 0.1) is 6.92 Å². The number of hydrogen-bond donors (Lipinski definition) is 3. The van der Waals surface area contributed by atoms with Crippen molar-refractivity contribution in [1.29, 1.82) is 0 Å². The summed E-state index contributed by atoms with van der Waals surface area (Å²) in [6, 6.07) is 25.4. The highest BCUT2D eigenvalue weighted by atomic mass is 32.2. The van der Waals surface area contributed by atoms with Crippen LogP contribution in [0.15, 0.2) is 84.9 Å². The van der Waals surface area contributed by atoms with E-state index in [2.05, 4.69) is 34.9 Å². The van der Waals surface area contributed by atoms with E-state index in [4.69, 9.17) is 15.2 Å². The van der Waals surface area contributed by atoms with E-state index >= 15 is 0 Å². The number of rotatable bonds is 16. The first-order valence-corrected chi connectivity index (χ1v) is 14.9. The third-order valence-corrected chi connectivity index (χ3v) is 7.38. The number of ether oxygens (including phenoxy) is 2. The zero-order chi connectivity index (χ0) is 29.3. The lowest BCUT2D eigenvalue weighted by Gasteiger charge is -2.20. The van der Waals surface area contributed by atoms with Crippen LogP contribution in [0.2, 0.25) is 0 Å². The van der Waals surface area contributed by atoms with Crippen molar-refractivity contribution >= 4 is 29.7 Å². The van der Waals surface area contributed by atoms with Gasteiger partial charge in [0.1, 0.15) is 19.3 Å². The molecule has 3 aromatic rings. The third-order valence-electron chi connectivity index (χ3n) is 6.25. The SMILES string of the molecule is Cc1ccc(CSC[C@H](N)C(=O)N[C@@H](CCCCNC(=O)OCc2ccccc2)C(=O)OCc2ccccc2)cc1. The van der Waals surface area contributed by atoms with Gasteiger partial charge in [0.2, 0.25) is 5.91 Å². The van der Waals surface area contributed by atoms with Gasteiger partial charge in [-0.15, -0.1) is 0 Å². The van der Waals surface area contributed by atoms with E-state index in [0.29, 0.717) is 31.6 Å². The van der Waals surface area contributed by atoms with Crippen LogP contribution in [0.1, 0.15) is 41.5 Å². The molecule has 41 heavy (non-hydrogen) atoms. The Morgan fingerprint density at radius 1 is 0.805 bits per heavy atom. The number of carbonyl (C=O) groups is 3. The summed E-state index contributed by atoms with van der Waals surface area (Å²) in [5.74, 6) is 0.244. The van der Waals surface area contributed by atoms with Crippen LogP contribution in [0.25, 0.3) is 0 Å². The molecule has 0 heterocycles. The molecule has 0 saturated heterocycles. The van der Waals surface area contributed by atoms with E-state index in [1.54, 1.807) is 11.8 Å². The predicted molar refractivity (Wildman–Crippen MR) is 162 cm³/mol. The number of carbonyl (C=O) groups excluding carboxylic acids is 3. The Hall–Kier alpha value is -3.82. The average molecular weight is 578 g/mol. The number of unbranched alkanes of at least 4 members (excludes halogenated alkanes) is 1. The first-order valence-electron chi connectivity index (χ1n) is 13.7. The fourth-order valence-corrected chi connectivity index (χ4v) is 4.81. The van der Waals surface area contributed by atoms with Crippen molar-refractivity contribution in [2.45, 2.75) is 57.2 Å². The van der Waals surface area contributed by atoms with Crippen LogP contribution in [-0.2, 0) is 38.0 Å². The van der Waals surface area contributed by atoms with Gasteiger partial charge >= 0.3 is 12.1 Å². The summed E-state index contributed by atoms with van der Waals surface area (Å²) in [4.78, 5) is 37.7. The Balaban J connectivity index is 1.43. The molecule has 0 saturated carbocycles. The van der Waals surface area contributed by atoms with E-state index in [0.717, 1.165) is 22.4 Å². The lowest BCUT2D eigenvalue weighted by Crippen LogP contribution is -2.49. The lowest BCUT2D eigenvalue weighted by atomic mass is 10.1. The van der Waals surface area contributed by atoms with E-state index in [1.807, 2.05) is 67.6 Å². The molecular formula is C32H39N3O5S. The Morgan fingerprint density at radius 2 is 1.41 bits per heavy atom. The van der Waals surface area contributed by atoms with Crippen molar-refractivity contribution in [2.24, 2.45) is 5.73 Å². The van der Waals surface area contributed by atoms with E-state index in [-0.39, 0.29) is 13.2 Å². The molecule has 0 aliphatic rings. The Labute approximate surface area is 246 Å². The molecule has 0 spiro atoms. The Bertz CT molecular complexity index is 1210. The molecule has 0 aliphatic carbocycles. The molecule has 4 N–H and O–H groups in total. The number of thioether (sulfide) groups is 1. The van der Waals surface area contributed by atoms with Crippen molar-refractivity contribution in [3.8, 4) is 0 Å². The summed E-state index contributed by atoms with van der Waals surface area (Å²) in [6.07, 6.45) is 1.01. The minimum Gasteiger partial charge on any atom is -0.459 e. The van der Waals surface area contributed by atoms with Crippen molar-refractivity contribution in [2.75, 3.05) is 12.3 Å². The maximum Gasteiger partial charge on any atom is 0.407 e. The molecular weight excluding hydrogens is 538 g/mol. The summed E-state index contributed by atoms with van der Waals surface area (Å²) < 4.78 is 10.7. The fourth-order valence-electron chi connectivity index (χ4n) is 3.86. The van der Waals surface area contributed by atoms with Crippen molar-refractivity contribution in [1.82, 2.24) is 10.6 Å². The number of benzene rings is 3. The molecule has 2 atom stereocenters. The molecule has 3 rings (SSSR count). The minimum absolute atomic E-state index is 0.110. The Kier molecular flexibility index (Phi) is 13.8. The number of amides is 2. The molecule has 0 unspecified atom stereocenters. The molecule has 8 nitrogen and oxygen atoms in total. The van der Waals surface area contributed by atoms with Crippen molar-refractivity contribution in [3.63, 3.8) is 0 Å². The average Bonchev–Trinajstić information content (AvgIpc) is 3.00. The van der Waals surface area contributed by atoms with Gasteiger partial charge in [-0.25, -0.2) is 9.59 Å². The molecule has 0 radical (unpaired) electrons. The number of alkyl carbamates (subject to hydrolysis) is 1. The molecule has 9 heteroatoms. The summed E-state index contributed by atoms with van der Waals surface area (Å²) >= 11 is 1.57. The number of aryl methyl sites for hydroxylation is 1. The highest BCUT2D eigenvalue weighted by Gasteiger charge is 2.25. The zero-order valence-corrected chi connectivity index (χ0v) is 24.2. The molecule has 3 aromatic carbocycles. The highest BCUT2D eigenvalue weighted by molar-refractivity contribution is 7.98. The number of esters is 1. The second kappa shape index (κ2) is 17.8. The maximum atomic E-state index is 12.9. The molecule has 0 aromatic heterocycles. The van der Waals surface area contributed by atoms with Crippen LogP contribution in [-0.4, -0.2) is 42.4 Å². The third kappa shape index (κ3) is 12.5. The smallest absolute Gasteiger partial charge is 0.407 e. The summed E-state index contributed by atoms with van der Waals surface area (Å²) in [5.41, 5.74) is 10.3. The van der Waals surface area contributed by atoms with Crippen molar-refractivity contribution < 1.29 is 23.9 Å². The van der Waals surface area contributed by atoms with Crippen LogP contribution in [0.5, 0.6) is 0 Å². The van der Waals surface area contributed by atoms with Gasteiger partial charge in [-0.3, -0.25) is 4.79 Å². The first kappa shape index (κ1) is 31.7. The van der Waals surface area contributed by atoms with Gasteiger partial charge < -0.3 is 25.8 Å². The van der Waals surface area contributed by atoms with E-state index in [9.17, 15) is 14.4 Å². The van der Waals surface area contributed by atoms with Gasteiger partial charge in [0, 0.05) is 18.1 Å². The molecule has 0 fully saturated rings. The van der Waals surface area contributed by atoms with Gasteiger partial charge in [-0.1, -0.05) is 90.5 Å². The monoisotopic (exact) mass is 577 g/mol. The zero-order valence-electron chi connectivity index (χ0n) is 23.4. The summed E-state index contributed by atoms with van der Waals surface area (Å²) in [7, 11) is 0. The van der Waals surface area contributed by atoms with Crippen LogP contribution >= 0.6 is 11.8 Å². The van der Waals surface area contributed by atoms with Gasteiger partial charge in [0.25, 0.3) is 0 Å². The normalized spacial score (nSPS) is 12.1. The number of hydrogen-bond acceptors (Lipinski definition) is 7. The molecule has 2 amide bonds. The van der Waals surface area contributed by atoms with Gasteiger partial charge in [0.05, 0.1) is 6.04 Å². The minimum atomic E-state index is -0.843. The summed E-state index contributed by atoms with van der Waals surface area (Å²) in [6.45, 7) is 2.72. The van der Waals surface area contributed by atoms with Crippen LogP contribution in [0.4, 0.5) is 4.79 Å². The van der Waals surface area contributed by atoms with E-state index in [1.165, 1.54) is 5.56 Å². The highest BCUT2D eigenvalue weighted by Crippen LogP contribution is 2.14. The topological polar surface area (TPSA) is 120 Å². The molecule has 0 bridgehead atoms. The Morgan fingerprint density at radius 3 is 2.05 bits per heavy atom. The van der Waals surface area contributed by atoms with Gasteiger partial charge in [-0.05, 0) is 42.9 Å². The quantitative estimate of drug-likeness (QED) is 0.164. The second-order valence-corrected chi connectivity index (χ2v) is 10.8. The predicted octanol–water partition coefficient (Wildman–Crippen LogP) is 4.88. The molecule has 218 valence electrons. The maximum absolute atomic E-state index is 12.9. The molecule has 0 aliphatic heterocycles. The number of nitrogens with one attached hydrogen (secondary N) is 2. The lowest BCUT2D eigenvalue weighted by molar-refractivity contribution is -0.149. The van der Waals surface area contributed by atoms with Gasteiger partial charge in [0.15, 0.2) is 0 Å². The van der Waals surface area contributed by atoms with Crippen LogP contribution in [0.3, 0.4) is 0 Å². The van der Waals surface area contributed by atoms with Crippen molar-refractivity contribution in [3.05, 3.63) is 107 Å². The standard InChI is InChI=1S/C32H39N3O5S/c1-24-15-17-27(18-16-24)22-41-23-28(33)30(36)35-29(31(37)39-20-25-10-4-2-5-11-25)14-8-9-19-34-32(38)40-21-26-12-6-3-7-13-26/h2-7,10-13,15-18,28-29H,8-9,14,19-23,33H2,1H3,(H,34,38)(H,35,36)/t28-,29-/m0/s1. The first-order chi connectivity index (χ1) is 19.9. The van der Waals surface area contributed by atoms with E-state index < -0.39 is 30.1 Å². The number of nitrogens with two attached hydrogens (primary N) is 1.